The van der Waals surface area contributed by atoms with E-state index in [0.29, 0.717) is 17.1 Å². The van der Waals surface area contributed by atoms with Crippen molar-refractivity contribution in [2.24, 2.45) is 0 Å². The standard InChI is InChI=1S/C22H19NO5/c1-22(21(25)26,12-14-9-10-18-19(11-14)28-13-27-18)23-20(24)17-8-4-6-15-5-2-3-7-16(15)17/h2-11H,12-13H2,1H3,(H,23,24)(H,25,26)/t22-/m0/s1. The van der Waals surface area contributed by atoms with Crippen LogP contribution in [-0.2, 0) is 11.2 Å². The summed E-state index contributed by atoms with van der Waals surface area (Å²) in [6, 6.07) is 18.2. The van der Waals surface area contributed by atoms with Gasteiger partial charge in [-0.05, 0) is 41.5 Å². The van der Waals surface area contributed by atoms with Gasteiger partial charge in [0.25, 0.3) is 5.91 Å². The third-order valence-electron chi connectivity index (χ3n) is 4.89. The lowest BCUT2D eigenvalue weighted by Crippen LogP contribution is -2.53. The van der Waals surface area contributed by atoms with Crippen molar-refractivity contribution in [2.75, 3.05) is 6.79 Å². The largest absolute Gasteiger partial charge is 0.480 e. The molecule has 6 nitrogen and oxygen atoms in total. The molecule has 3 aromatic rings. The van der Waals surface area contributed by atoms with Gasteiger partial charge in [-0.3, -0.25) is 4.79 Å². The minimum absolute atomic E-state index is 0.107. The first-order valence-corrected chi connectivity index (χ1v) is 8.88. The number of rotatable bonds is 5. The lowest BCUT2D eigenvalue weighted by atomic mass is 9.91. The van der Waals surface area contributed by atoms with E-state index in [0.717, 1.165) is 16.3 Å². The maximum atomic E-state index is 12.9. The number of carboxylic acids is 1. The average molecular weight is 377 g/mol. The van der Waals surface area contributed by atoms with Gasteiger partial charge in [0, 0.05) is 12.0 Å². The van der Waals surface area contributed by atoms with Crippen LogP contribution >= 0.6 is 0 Å². The minimum Gasteiger partial charge on any atom is -0.480 e. The van der Waals surface area contributed by atoms with Gasteiger partial charge in [-0.25, -0.2) is 4.79 Å². The molecule has 0 radical (unpaired) electrons. The van der Waals surface area contributed by atoms with Crippen molar-refractivity contribution < 1.29 is 24.2 Å². The first-order valence-electron chi connectivity index (χ1n) is 8.88. The van der Waals surface area contributed by atoms with Gasteiger partial charge in [0.2, 0.25) is 6.79 Å². The Kier molecular flexibility index (Phi) is 4.39. The van der Waals surface area contributed by atoms with Crippen molar-refractivity contribution >= 4 is 22.6 Å². The molecule has 6 heteroatoms. The molecule has 1 atom stereocenters. The zero-order valence-corrected chi connectivity index (χ0v) is 15.3. The Labute approximate surface area is 161 Å². The topological polar surface area (TPSA) is 84.9 Å². The number of aliphatic carboxylic acids is 1. The summed E-state index contributed by atoms with van der Waals surface area (Å²) < 4.78 is 10.6. The van der Waals surface area contributed by atoms with E-state index in [9.17, 15) is 14.7 Å². The molecule has 1 aliphatic heterocycles. The zero-order chi connectivity index (χ0) is 19.7. The smallest absolute Gasteiger partial charge is 0.329 e. The van der Waals surface area contributed by atoms with Gasteiger partial charge in [-0.15, -0.1) is 0 Å². The second-order valence-corrected chi connectivity index (χ2v) is 6.98. The Bertz CT molecular complexity index is 1070. The van der Waals surface area contributed by atoms with Gasteiger partial charge in [0.05, 0.1) is 0 Å². The maximum absolute atomic E-state index is 12.9. The Morgan fingerprint density at radius 3 is 2.61 bits per heavy atom. The van der Waals surface area contributed by atoms with Crippen molar-refractivity contribution in [1.29, 1.82) is 0 Å². The highest BCUT2D eigenvalue weighted by atomic mass is 16.7. The summed E-state index contributed by atoms with van der Waals surface area (Å²) in [5, 5.41) is 14.2. The van der Waals surface area contributed by atoms with Crippen LogP contribution in [0.3, 0.4) is 0 Å². The molecule has 1 aliphatic rings. The van der Waals surface area contributed by atoms with E-state index in [-0.39, 0.29) is 13.2 Å². The van der Waals surface area contributed by atoms with E-state index in [1.807, 2.05) is 30.3 Å². The van der Waals surface area contributed by atoms with E-state index in [4.69, 9.17) is 9.47 Å². The van der Waals surface area contributed by atoms with E-state index < -0.39 is 17.4 Å². The summed E-state index contributed by atoms with van der Waals surface area (Å²) in [5.41, 5.74) is -0.314. The number of hydrogen-bond donors (Lipinski definition) is 2. The van der Waals surface area contributed by atoms with Crippen molar-refractivity contribution in [1.82, 2.24) is 5.32 Å². The highest BCUT2D eigenvalue weighted by molar-refractivity contribution is 6.08. The van der Waals surface area contributed by atoms with Crippen LogP contribution < -0.4 is 14.8 Å². The van der Waals surface area contributed by atoms with Crippen LogP contribution in [-0.4, -0.2) is 29.3 Å². The quantitative estimate of drug-likeness (QED) is 0.712. The summed E-state index contributed by atoms with van der Waals surface area (Å²) in [6.45, 7) is 1.65. The normalized spacial score (nSPS) is 14.5. The number of ether oxygens (including phenoxy) is 2. The molecule has 0 fully saturated rings. The minimum atomic E-state index is -1.48. The third kappa shape index (κ3) is 3.24. The highest BCUT2D eigenvalue weighted by Crippen LogP contribution is 2.33. The molecule has 0 saturated heterocycles. The SMILES string of the molecule is C[C@@](Cc1ccc2c(c1)OCO2)(NC(=O)c1cccc2ccccc12)C(=O)O. The zero-order valence-electron chi connectivity index (χ0n) is 15.3. The molecule has 0 aliphatic carbocycles. The van der Waals surface area contributed by atoms with Crippen molar-refractivity contribution in [3.8, 4) is 11.5 Å². The van der Waals surface area contributed by atoms with Crippen LogP contribution in [0.1, 0.15) is 22.8 Å². The number of fused-ring (bicyclic) bond motifs is 2. The van der Waals surface area contributed by atoms with Crippen LogP contribution in [0.5, 0.6) is 11.5 Å². The molecule has 3 aromatic carbocycles. The number of nitrogens with one attached hydrogen (secondary N) is 1. The Morgan fingerprint density at radius 1 is 1.04 bits per heavy atom. The fraction of sp³-hybridized carbons (Fsp3) is 0.182. The molecule has 0 spiro atoms. The molecule has 1 amide bonds. The number of carboxylic acid groups (broad SMARTS) is 1. The Morgan fingerprint density at radius 2 is 1.79 bits per heavy atom. The van der Waals surface area contributed by atoms with Crippen LogP contribution in [0.25, 0.3) is 10.8 Å². The summed E-state index contributed by atoms with van der Waals surface area (Å²) in [4.78, 5) is 25.0. The summed E-state index contributed by atoms with van der Waals surface area (Å²) >= 11 is 0. The van der Waals surface area contributed by atoms with Gasteiger partial charge < -0.3 is 19.9 Å². The molecule has 142 valence electrons. The number of benzene rings is 3. The maximum Gasteiger partial charge on any atom is 0.329 e. The molecule has 4 rings (SSSR count). The number of amides is 1. The number of carbonyl (C=O) groups is 2. The first-order chi connectivity index (χ1) is 13.5. The summed E-state index contributed by atoms with van der Waals surface area (Å²) in [5.74, 6) is -0.340. The molecule has 28 heavy (non-hydrogen) atoms. The third-order valence-corrected chi connectivity index (χ3v) is 4.89. The van der Waals surface area contributed by atoms with E-state index in [1.54, 1.807) is 30.3 Å². The summed E-state index contributed by atoms with van der Waals surface area (Å²) in [6.07, 6.45) is 0.107. The lowest BCUT2D eigenvalue weighted by Gasteiger charge is -2.27. The molecular weight excluding hydrogens is 358 g/mol. The van der Waals surface area contributed by atoms with E-state index in [1.165, 1.54) is 6.92 Å². The molecule has 0 bridgehead atoms. The predicted octanol–water partition coefficient (Wildman–Crippen LogP) is 3.38. The second kappa shape index (κ2) is 6.88. The number of hydrogen-bond acceptors (Lipinski definition) is 4. The van der Waals surface area contributed by atoms with Crippen LogP contribution in [0.2, 0.25) is 0 Å². The summed E-state index contributed by atoms with van der Waals surface area (Å²) in [7, 11) is 0. The molecule has 0 saturated carbocycles. The van der Waals surface area contributed by atoms with Crippen LogP contribution in [0.4, 0.5) is 0 Å². The first kappa shape index (κ1) is 17.9. The van der Waals surface area contributed by atoms with Gasteiger partial charge in [-0.2, -0.15) is 0 Å². The molecule has 0 unspecified atom stereocenters. The Hall–Kier alpha value is -3.54. The van der Waals surface area contributed by atoms with Crippen molar-refractivity contribution in [2.45, 2.75) is 18.9 Å². The van der Waals surface area contributed by atoms with Crippen LogP contribution in [0, 0.1) is 0 Å². The van der Waals surface area contributed by atoms with Crippen molar-refractivity contribution in [3.05, 3.63) is 71.8 Å². The van der Waals surface area contributed by atoms with Gasteiger partial charge in [-0.1, -0.05) is 42.5 Å². The van der Waals surface area contributed by atoms with Crippen LogP contribution in [0.15, 0.2) is 60.7 Å². The fourth-order valence-corrected chi connectivity index (χ4v) is 3.37. The molecule has 1 heterocycles. The average Bonchev–Trinajstić information content (AvgIpc) is 3.15. The van der Waals surface area contributed by atoms with E-state index in [2.05, 4.69) is 5.32 Å². The monoisotopic (exact) mass is 377 g/mol. The number of carbonyl (C=O) groups excluding carboxylic acids is 1. The molecular formula is C22H19NO5. The van der Waals surface area contributed by atoms with E-state index >= 15 is 0 Å². The molecule has 2 N–H and O–H groups in total. The van der Waals surface area contributed by atoms with Gasteiger partial charge >= 0.3 is 5.97 Å². The fourth-order valence-electron chi connectivity index (χ4n) is 3.37. The molecule has 0 aromatic heterocycles. The lowest BCUT2D eigenvalue weighted by molar-refractivity contribution is -0.143. The van der Waals surface area contributed by atoms with Gasteiger partial charge in [0.1, 0.15) is 5.54 Å². The second-order valence-electron chi connectivity index (χ2n) is 6.98. The van der Waals surface area contributed by atoms with Gasteiger partial charge in [0.15, 0.2) is 11.5 Å². The Balaban J connectivity index is 1.62. The predicted molar refractivity (Wildman–Crippen MR) is 104 cm³/mol. The van der Waals surface area contributed by atoms with Crippen molar-refractivity contribution in [3.63, 3.8) is 0 Å². The highest BCUT2D eigenvalue weighted by Gasteiger charge is 2.36.